The maximum Gasteiger partial charge on any atom is 0.119 e. The number of benzene rings is 4. The van der Waals surface area contributed by atoms with Gasteiger partial charge in [0, 0.05) is 12.1 Å². The highest BCUT2D eigenvalue weighted by Gasteiger charge is 2.27. The van der Waals surface area contributed by atoms with Crippen LogP contribution in [0.2, 0.25) is 0 Å². The molecule has 0 heterocycles. The van der Waals surface area contributed by atoms with Crippen LogP contribution >= 0.6 is 0 Å². The maximum atomic E-state index is 8.92. The Labute approximate surface area is 202 Å². The third kappa shape index (κ3) is 4.98. The predicted octanol–water partition coefficient (Wildman–Crippen LogP) is 7.28. The Morgan fingerprint density at radius 1 is 0.912 bits per heavy atom. The average molecular weight is 447 g/mol. The second-order valence-electron chi connectivity index (χ2n) is 9.33. The van der Waals surface area contributed by atoms with Crippen LogP contribution in [-0.2, 0) is 6.61 Å². The fourth-order valence-electron chi connectivity index (χ4n) is 5.19. The zero-order valence-corrected chi connectivity index (χ0v) is 19.6. The molecule has 1 aliphatic carbocycles. The lowest BCUT2D eigenvalue weighted by atomic mass is 9.96. The van der Waals surface area contributed by atoms with Crippen LogP contribution in [0.15, 0.2) is 91.0 Å². The van der Waals surface area contributed by atoms with E-state index < -0.39 is 0 Å². The van der Waals surface area contributed by atoms with Crippen LogP contribution in [0, 0.1) is 11.3 Å². The molecule has 3 atom stereocenters. The number of fused-ring (bicyclic) bond motifs is 1. The number of nitriles is 1. The number of hydrogen-bond acceptors (Lipinski definition) is 3. The predicted molar refractivity (Wildman–Crippen MR) is 138 cm³/mol. The molecule has 34 heavy (non-hydrogen) atoms. The minimum Gasteiger partial charge on any atom is -0.489 e. The Morgan fingerprint density at radius 3 is 2.47 bits per heavy atom. The molecule has 5 rings (SSSR count). The molecule has 0 aromatic heterocycles. The first-order chi connectivity index (χ1) is 16.7. The summed E-state index contributed by atoms with van der Waals surface area (Å²) in [6.45, 7) is 2.79. The van der Waals surface area contributed by atoms with E-state index in [2.05, 4.69) is 85.0 Å². The summed E-state index contributed by atoms with van der Waals surface area (Å²) in [5, 5.41) is 15.5. The van der Waals surface area contributed by atoms with E-state index in [1.165, 1.54) is 41.2 Å². The van der Waals surface area contributed by atoms with Crippen LogP contribution in [0.3, 0.4) is 0 Å². The Hall–Kier alpha value is -3.61. The van der Waals surface area contributed by atoms with Gasteiger partial charge in [-0.2, -0.15) is 5.26 Å². The maximum absolute atomic E-state index is 8.92. The molecule has 0 bridgehead atoms. The molecule has 1 saturated carbocycles. The van der Waals surface area contributed by atoms with Gasteiger partial charge in [0.15, 0.2) is 0 Å². The topological polar surface area (TPSA) is 45.0 Å². The second kappa shape index (κ2) is 10.1. The van der Waals surface area contributed by atoms with E-state index in [1.807, 2.05) is 24.3 Å². The van der Waals surface area contributed by atoms with E-state index in [4.69, 9.17) is 10.00 Å². The molecule has 3 nitrogen and oxygen atoms in total. The quantitative estimate of drug-likeness (QED) is 0.324. The minimum absolute atomic E-state index is 0.327. The fourth-order valence-corrected chi connectivity index (χ4v) is 5.19. The summed E-state index contributed by atoms with van der Waals surface area (Å²) in [5.41, 5.74) is 4.51. The Morgan fingerprint density at radius 2 is 1.68 bits per heavy atom. The van der Waals surface area contributed by atoms with E-state index in [0.29, 0.717) is 30.2 Å². The van der Waals surface area contributed by atoms with Crippen LogP contribution in [0.1, 0.15) is 60.4 Å². The van der Waals surface area contributed by atoms with Crippen molar-refractivity contribution in [1.29, 1.82) is 5.26 Å². The van der Waals surface area contributed by atoms with Crippen LogP contribution in [-0.4, -0.2) is 6.04 Å². The molecule has 0 radical (unpaired) electrons. The highest BCUT2D eigenvalue weighted by molar-refractivity contribution is 5.86. The number of nitrogens with zero attached hydrogens (tertiary/aromatic N) is 1. The first-order valence-electron chi connectivity index (χ1n) is 12.1. The summed E-state index contributed by atoms with van der Waals surface area (Å²) in [6, 6.07) is 34.4. The van der Waals surface area contributed by atoms with Gasteiger partial charge in [0.1, 0.15) is 12.4 Å². The Bertz CT molecular complexity index is 1280. The molecule has 1 fully saturated rings. The normalized spacial score (nSPS) is 18.5. The number of hydrogen-bond donors (Lipinski definition) is 1. The molecule has 4 aromatic carbocycles. The van der Waals surface area contributed by atoms with Crippen LogP contribution in [0.4, 0.5) is 0 Å². The number of nitrogens with one attached hydrogen (secondary N) is 1. The van der Waals surface area contributed by atoms with Crippen molar-refractivity contribution in [2.24, 2.45) is 0 Å². The van der Waals surface area contributed by atoms with Crippen molar-refractivity contribution in [3.05, 3.63) is 113 Å². The molecule has 4 aromatic rings. The van der Waals surface area contributed by atoms with Gasteiger partial charge in [0.25, 0.3) is 0 Å². The average Bonchev–Trinajstić information content (AvgIpc) is 3.36. The van der Waals surface area contributed by atoms with Crippen LogP contribution in [0.5, 0.6) is 5.75 Å². The van der Waals surface area contributed by atoms with E-state index in [9.17, 15) is 0 Å². The van der Waals surface area contributed by atoms with Gasteiger partial charge in [-0.25, -0.2) is 0 Å². The molecular formula is C31H30N2O. The molecule has 0 amide bonds. The summed E-state index contributed by atoms with van der Waals surface area (Å²) < 4.78 is 5.95. The van der Waals surface area contributed by atoms with Crippen LogP contribution < -0.4 is 10.1 Å². The summed E-state index contributed by atoms with van der Waals surface area (Å²) in [6.07, 6.45) is 3.59. The molecular weight excluding hydrogens is 416 g/mol. The SMILES string of the molecule is CC(NC1CCC(c2ccc(OCc3ccc(C#N)cc3)cc2)C1)c1cccc2ccccc12. The zero-order chi connectivity index (χ0) is 23.3. The molecule has 170 valence electrons. The number of rotatable bonds is 7. The van der Waals surface area contributed by atoms with Gasteiger partial charge in [0.2, 0.25) is 0 Å². The molecule has 1 N–H and O–H groups in total. The van der Waals surface area contributed by atoms with E-state index in [-0.39, 0.29) is 0 Å². The molecule has 3 unspecified atom stereocenters. The standard InChI is InChI=1S/C31H30N2O/c1-22(30-8-4-6-26-5-2-3-7-31(26)30)33-28-16-13-27(19-28)25-14-17-29(18-15-25)34-21-24-11-9-23(20-32)10-12-24/h2-12,14-15,17-18,22,27-28,33H,13,16,19,21H2,1H3. The zero-order valence-electron chi connectivity index (χ0n) is 19.6. The fraction of sp³-hybridized carbons (Fsp3) is 0.258. The van der Waals surface area contributed by atoms with Crippen molar-refractivity contribution in [3.63, 3.8) is 0 Å². The van der Waals surface area contributed by atoms with Crippen molar-refractivity contribution >= 4 is 10.8 Å². The molecule has 3 heteroatoms. The first-order valence-corrected chi connectivity index (χ1v) is 12.1. The van der Waals surface area contributed by atoms with Gasteiger partial charge >= 0.3 is 0 Å². The van der Waals surface area contributed by atoms with Gasteiger partial charge in [0.05, 0.1) is 11.6 Å². The summed E-state index contributed by atoms with van der Waals surface area (Å²) in [7, 11) is 0. The third-order valence-electron chi connectivity index (χ3n) is 7.05. The van der Waals surface area contributed by atoms with Gasteiger partial charge < -0.3 is 10.1 Å². The highest BCUT2D eigenvalue weighted by Crippen LogP contribution is 2.36. The van der Waals surface area contributed by atoms with Crippen molar-refractivity contribution in [2.75, 3.05) is 0 Å². The van der Waals surface area contributed by atoms with Crippen molar-refractivity contribution in [2.45, 2.75) is 50.8 Å². The molecule has 0 saturated heterocycles. The van der Waals surface area contributed by atoms with Crippen molar-refractivity contribution < 1.29 is 4.74 Å². The minimum atomic E-state index is 0.327. The highest BCUT2D eigenvalue weighted by atomic mass is 16.5. The van der Waals surface area contributed by atoms with Gasteiger partial charge in [-0.05, 0) is 83.8 Å². The molecule has 0 spiro atoms. The lowest BCUT2D eigenvalue weighted by Gasteiger charge is -2.21. The van der Waals surface area contributed by atoms with E-state index in [0.717, 1.165) is 11.3 Å². The lowest BCUT2D eigenvalue weighted by Crippen LogP contribution is -2.29. The van der Waals surface area contributed by atoms with E-state index >= 15 is 0 Å². The van der Waals surface area contributed by atoms with Crippen molar-refractivity contribution in [1.82, 2.24) is 5.32 Å². The molecule has 1 aliphatic rings. The Kier molecular flexibility index (Phi) is 6.60. The number of ether oxygens (including phenoxy) is 1. The van der Waals surface area contributed by atoms with Gasteiger partial charge in [-0.1, -0.05) is 66.7 Å². The monoisotopic (exact) mass is 446 g/mol. The van der Waals surface area contributed by atoms with Crippen molar-refractivity contribution in [3.8, 4) is 11.8 Å². The van der Waals surface area contributed by atoms with Gasteiger partial charge in [-0.3, -0.25) is 0 Å². The summed E-state index contributed by atoms with van der Waals surface area (Å²) >= 11 is 0. The van der Waals surface area contributed by atoms with E-state index in [1.54, 1.807) is 0 Å². The third-order valence-corrected chi connectivity index (χ3v) is 7.05. The summed E-state index contributed by atoms with van der Waals surface area (Å²) in [4.78, 5) is 0. The first kappa shape index (κ1) is 22.2. The smallest absolute Gasteiger partial charge is 0.119 e. The van der Waals surface area contributed by atoms with Crippen LogP contribution in [0.25, 0.3) is 10.8 Å². The largest absolute Gasteiger partial charge is 0.489 e. The second-order valence-corrected chi connectivity index (χ2v) is 9.33. The lowest BCUT2D eigenvalue weighted by molar-refractivity contribution is 0.306. The summed E-state index contributed by atoms with van der Waals surface area (Å²) in [5.74, 6) is 1.47. The van der Waals surface area contributed by atoms with Gasteiger partial charge in [-0.15, -0.1) is 0 Å². The molecule has 0 aliphatic heterocycles. The Balaban J connectivity index is 1.16.